The highest BCUT2D eigenvalue weighted by molar-refractivity contribution is 7.90. The van der Waals surface area contributed by atoms with Gasteiger partial charge >= 0.3 is 0 Å². The van der Waals surface area contributed by atoms with Gasteiger partial charge in [-0.05, 0) is 24.3 Å². The van der Waals surface area contributed by atoms with Crippen molar-refractivity contribution >= 4 is 50.5 Å². The standard InChI is InChI=1S/C12H13Cl2NO3S2/c13-10-5-9(11(14)19-10)20(17,18)15-12(16)8-4-7(8)6-2-1-3-6/h5-8H,1-4H2,(H,15,16)/t7-,8+/m0/s1. The molecule has 1 heterocycles. The van der Waals surface area contributed by atoms with E-state index in [4.69, 9.17) is 23.2 Å². The first-order valence-electron chi connectivity index (χ1n) is 6.40. The van der Waals surface area contributed by atoms with Gasteiger partial charge in [-0.15, -0.1) is 11.3 Å². The molecule has 20 heavy (non-hydrogen) atoms. The van der Waals surface area contributed by atoms with Crippen molar-refractivity contribution in [1.29, 1.82) is 0 Å². The Morgan fingerprint density at radius 1 is 1.35 bits per heavy atom. The van der Waals surface area contributed by atoms with Gasteiger partial charge in [0.05, 0.1) is 4.34 Å². The third-order valence-corrected chi connectivity index (χ3v) is 7.18. The van der Waals surface area contributed by atoms with E-state index in [1.807, 2.05) is 0 Å². The molecule has 1 aromatic rings. The minimum absolute atomic E-state index is 0.0710. The minimum atomic E-state index is -3.92. The fourth-order valence-electron chi connectivity index (χ4n) is 2.68. The maximum atomic E-state index is 12.1. The third kappa shape index (κ3) is 2.71. The van der Waals surface area contributed by atoms with Gasteiger partial charge in [-0.3, -0.25) is 4.79 Å². The van der Waals surface area contributed by atoms with E-state index in [1.165, 1.54) is 12.5 Å². The van der Waals surface area contributed by atoms with E-state index >= 15 is 0 Å². The molecule has 1 aromatic heterocycles. The van der Waals surface area contributed by atoms with Crippen LogP contribution < -0.4 is 4.72 Å². The summed E-state index contributed by atoms with van der Waals surface area (Å²) in [5, 5.41) is 0. The Kier molecular flexibility index (Phi) is 3.77. The fraction of sp³-hybridized carbons (Fsp3) is 0.583. The molecule has 0 bridgehead atoms. The van der Waals surface area contributed by atoms with Crippen molar-refractivity contribution in [3.8, 4) is 0 Å². The Morgan fingerprint density at radius 2 is 2.05 bits per heavy atom. The van der Waals surface area contributed by atoms with Crippen molar-refractivity contribution in [3.05, 3.63) is 14.7 Å². The molecule has 1 amide bonds. The van der Waals surface area contributed by atoms with Crippen LogP contribution in [0.15, 0.2) is 11.0 Å². The Labute approximate surface area is 131 Å². The maximum Gasteiger partial charge on any atom is 0.266 e. The molecule has 2 atom stereocenters. The average molecular weight is 354 g/mol. The van der Waals surface area contributed by atoms with Gasteiger partial charge < -0.3 is 0 Å². The number of hydrogen-bond acceptors (Lipinski definition) is 4. The molecule has 0 radical (unpaired) electrons. The van der Waals surface area contributed by atoms with E-state index in [2.05, 4.69) is 4.72 Å². The van der Waals surface area contributed by atoms with Gasteiger partial charge in [-0.1, -0.05) is 42.5 Å². The first kappa shape index (κ1) is 14.6. The van der Waals surface area contributed by atoms with Gasteiger partial charge in [0.1, 0.15) is 9.23 Å². The van der Waals surface area contributed by atoms with Crippen LogP contribution in [-0.4, -0.2) is 14.3 Å². The van der Waals surface area contributed by atoms with E-state index < -0.39 is 15.9 Å². The summed E-state index contributed by atoms with van der Waals surface area (Å²) in [6.07, 6.45) is 4.33. The van der Waals surface area contributed by atoms with Crippen LogP contribution in [0.1, 0.15) is 25.7 Å². The highest BCUT2D eigenvalue weighted by atomic mass is 35.5. The molecule has 110 valence electrons. The van der Waals surface area contributed by atoms with Crippen LogP contribution in [-0.2, 0) is 14.8 Å². The zero-order valence-corrected chi connectivity index (χ0v) is 13.6. The fourth-order valence-corrected chi connectivity index (χ4v) is 5.86. The second kappa shape index (κ2) is 5.16. The number of amides is 1. The zero-order valence-electron chi connectivity index (χ0n) is 10.4. The Bertz CT molecular complexity index is 652. The van der Waals surface area contributed by atoms with E-state index in [1.54, 1.807) is 0 Å². The quantitative estimate of drug-likeness (QED) is 0.902. The maximum absolute atomic E-state index is 12.1. The summed E-state index contributed by atoms with van der Waals surface area (Å²) >= 11 is 12.5. The number of hydrogen-bond donors (Lipinski definition) is 1. The molecule has 0 saturated heterocycles. The molecule has 0 aliphatic heterocycles. The van der Waals surface area contributed by atoms with E-state index in [-0.39, 0.29) is 19.5 Å². The lowest BCUT2D eigenvalue weighted by molar-refractivity contribution is -0.121. The van der Waals surface area contributed by atoms with Crippen molar-refractivity contribution in [2.75, 3.05) is 0 Å². The number of sulfonamides is 1. The lowest BCUT2D eigenvalue weighted by atomic mass is 9.81. The molecule has 8 heteroatoms. The lowest BCUT2D eigenvalue weighted by Gasteiger charge is -2.25. The first-order valence-corrected chi connectivity index (χ1v) is 9.45. The summed E-state index contributed by atoms with van der Waals surface area (Å²) in [6.45, 7) is 0. The summed E-state index contributed by atoms with van der Waals surface area (Å²) in [4.78, 5) is 11.9. The Balaban J connectivity index is 1.68. The van der Waals surface area contributed by atoms with Gasteiger partial charge in [0.25, 0.3) is 10.0 Å². The first-order chi connectivity index (χ1) is 9.38. The number of carbonyl (C=O) groups is 1. The van der Waals surface area contributed by atoms with Crippen LogP contribution in [0.25, 0.3) is 0 Å². The molecule has 2 fully saturated rings. The zero-order chi connectivity index (χ0) is 14.5. The Morgan fingerprint density at radius 3 is 2.55 bits per heavy atom. The van der Waals surface area contributed by atoms with Gasteiger partial charge in [-0.25, -0.2) is 13.1 Å². The summed E-state index contributed by atoms with van der Waals surface area (Å²) < 4.78 is 26.7. The topological polar surface area (TPSA) is 63.2 Å². The SMILES string of the molecule is O=C(NS(=O)(=O)c1cc(Cl)sc1Cl)[C@@H]1C[C@H]1C1CCC1. The second-order valence-corrected chi connectivity index (χ2v) is 9.29. The van der Waals surface area contributed by atoms with Crippen LogP contribution in [0.5, 0.6) is 0 Å². The van der Waals surface area contributed by atoms with Crippen molar-refractivity contribution in [2.45, 2.75) is 30.6 Å². The highest BCUT2D eigenvalue weighted by Crippen LogP contribution is 2.51. The van der Waals surface area contributed by atoms with Gasteiger partial charge in [-0.2, -0.15) is 0 Å². The highest BCUT2D eigenvalue weighted by Gasteiger charge is 2.49. The van der Waals surface area contributed by atoms with Gasteiger partial charge in [0.2, 0.25) is 5.91 Å². The van der Waals surface area contributed by atoms with Crippen LogP contribution in [0, 0.1) is 17.8 Å². The molecule has 1 N–H and O–H groups in total. The predicted molar refractivity (Wildman–Crippen MR) is 78.6 cm³/mol. The van der Waals surface area contributed by atoms with Crippen LogP contribution in [0.2, 0.25) is 8.67 Å². The number of carbonyl (C=O) groups excluding carboxylic acids is 1. The monoisotopic (exact) mass is 353 g/mol. The Hall–Kier alpha value is -0.300. The van der Waals surface area contributed by atoms with Crippen molar-refractivity contribution in [2.24, 2.45) is 17.8 Å². The average Bonchev–Trinajstić information content (AvgIpc) is 2.94. The van der Waals surface area contributed by atoms with E-state index in [0.29, 0.717) is 11.8 Å². The number of halogens is 2. The van der Waals surface area contributed by atoms with Crippen LogP contribution >= 0.6 is 34.5 Å². The second-order valence-electron chi connectivity index (χ2n) is 5.36. The van der Waals surface area contributed by atoms with Gasteiger partial charge in [0, 0.05) is 5.92 Å². The minimum Gasteiger partial charge on any atom is -0.274 e. The molecular weight excluding hydrogens is 341 g/mol. The molecule has 0 unspecified atom stereocenters. The van der Waals surface area contributed by atoms with E-state index in [0.717, 1.165) is 30.6 Å². The molecule has 2 aliphatic rings. The lowest BCUT2D eigenvalue weighted by Crippen LogP contribution is -2.32. The van der Waals surface area contributed by atoms with Crippen molar-refractivity contribution in [1.82, 2.24) is 4.72 Å². The molecule has 0 spiro atoms. The molecule has 3 rings (SSSR count). The smallest absolute Gasteiger partial charge is 0.266 e. The van der Waals surface area contributed by atoms with Gasteiger partial charge in [0.15, 0.2) is 0 Å². The van der Waals surface area contributed by atoms with E-state index in [9.17, 15) is 13.2 Å². The molecule has 2 aliphatic carbocycles. The molecular formula is C12H13Cl2NO3S2. The van der Waals surface area contributed by atoms with Crippen LogP contribution in [0.4, 0.5) is 0 Å². The van der Waals surface area contributed by atoms with Crippen molar-refractivity contribution in [3.63, 3.8) is 0 Å². The van der Waals surface area contributed by atoms with Crippen molar-refractivity contribution < 1.29 is 13.2 Å². The predicted octanol–water partition coefficient (Wildman–Crippen LogP) is 3.30. The number of thiophene rings is 1. The van der Waals surface area contributed by atoms with Crippen LogP contribution in [0.3, 0.4) is 0 Å². The summed E-state index contributed by atoms with van der Waals surface area (Å²) in [5.74, 6) is 0.386. The number of rotatable bonds is 4. The summed E-state index contributed by atoms with van der Waals surface area (Å²) in [5.41, 5.74) is 0. The number of nitrogens with one attached hydrogen (secondary N) is 1. The molecule has 4 nitrogen and oxygen atoms in total. The summed E-state index contributed by atoms with van der Waals surface area (Å²) in [7, 11) is -3.92. The third-order valence-electron chi connectivity index (χ3n) is 4.08. The normalized spacial score (nSPS) is 26.1. The molecule has 2 saturated carbocycles. The largest absolute Gasteiger partial charge is 0.274 e. The summed E-state index contributed by atoms with van der Waals surface area (Å²) in [6, 6.07) is 1.26. The molecule has 0 aromatic carbocycles.